The number of pyridine rings is 1. The standard InChI is InChI=1S/C12H18N4O/c1-8(7-17-3)6-16-11-10(15-12(16)13)9(2)4-5-14-11/h4-5,8H,6-7H2,1-3H3,(H2,13,15). The Balaban J connectivity index is 2.40. The number of imidazole rings is 1. The minimum absolute atomic E-state index is 0.377. The molecular weight excluding hydrogens is 216 g/mol. The average molecular weight is 234 g/mol. The van der Waals surface area contributed by atoms with Gasteiger partial charge in [0.25, 0.3) is 0 Å². The fourth-order valence-electron chi connectivity index (χ4n) is 1.98. The topological polar surface area (TPSA) is 66.0 Å². The summed E-state index contributed by atoms with van der Waals surface area (Å²) in [6.07, 6.45) is 1.79. The lowest BCUT2D eigenvalue weighted by Gasteiger charge is -2.12. The number of hydrogen-bond acceptors (Lipinski definition) is 4. The second-order valence-corrected chi connectivity index (χ2v) is 4.44. The van der Waals surface area contributed by atoms with E-state index in [9.17, 15) is 0 Å². The van der Waals surface area contributed by atoms with Crippen molar-refractivity contribution in [2.75, 3.05) is 19.5 Å². The molecule has 1 atom stereocenters. The van der Waals surface area contributed by atoms with E-state index in [0.29, 0.717) is 18.5 Å². The number of nitrogen functional groups attached to an aromatic ring is 1. The van der Waals surface area contributed by atoms with E-state index in [1.807, 2.05) is 17.6 Å². The van der Waals surface area contributed by atoms with Crippen LogP contribution in [-0.2, 0) is 11.3 Å². The van der Waals surface area contributed by atoms with Crippen molar-refractivity contribution in [3.63, 3.8) is 0 Å². The molecule has 0 aliphatic carbocycles. The second-order valence-electron chi connectivity index (χ2n) is 4.44. The van der Waals surface area contributed by atoms with E-state index in [2.05, 4.69) is 16.9 Å². The summed E-state index contributed by atoms with van der Waals surface area (Å²) in [6, 6.07) is 1.94. The Bertz CT molecular complexity index is 520. The zero-order valence-electron chi connectivity index (χ0n) is 10.5. The van der Waals surface area contributed by atoms with Crippen molar-refractivity contribution in [3.05, 3.63) is 17.8 Å². The van der Waals surface area contributed by atoms with Crippen molar-refractivity contribution < 1.29 is 4.74 Å². The Hall–Kier alpha value is -1.62. The van der Waals surface area contributed by atoms with Gasteiger partial charge in [-0.25, -0.2) is 9.97 Å². The predicted octanol–water partition coefficient (Wildman–Crippen LogP) is 1.60. The van der Waals surface area contributed by atoms with Gasteiger partial charge in [0.05, 0.1) is 6.61 Å². The molecule has 2 aromatic heterocycles. The molecule has 17 heavy (non-hydrogen) atoms. The van der Waals surface area contributed by atoms with Crippen LogP contribution in [0.15, 0.2) is 12.3 Å². The molecule has 0 spiro atoms. The number of fused-ring (bicyclic) bond motifs is 1. The number of aromatic nitrogens is 3. The van der Waals surface area contributed by atoms with Crippen LogP contribution in [0.5, 0.6) is 0 Å². The summed E-state index contributed by atoms with van der Waals surface area (Å²) in [6.45, 7) is 5.60. The lowest BCUT2D eigenvalue weighted by molar-refractivity contribution is 0.152. The van der Waals surface area contributed by atoms with E-state index in [1.54, 1.807) is 13.3 Å². The van der Waals surface area contributed by atoms with Gasteiger partial charge in [-0.1, -0.05) is 6.92 Å². The quantitative estimate of drug-likeness (QED) is 0.872. The van der Waals surface area contributed by atoms with Crippen molar-refractivity contribution in [1.82, 2.24) is 14.5 Å². The van der Waals surface area contributed by atoms with Gasteiger partial charge in [-0.15, -0.1) is 0 Å². The summed E-state index contributed by atoms with van der Waals surface area (Å²) in [5.74, 6) is 0.895. The average Bonchev–Trinajstić information content (AvgIpc) is 2.58. The predicted molar refractivity (Wildman–Crippen MR) is 67.7 cm³/mol. The third kappa shape index (κ3) is 2.24. The fourth-order valence-corrected chi connectivity index (χ4v) is 1.98. The molecule has 5 heteroatoms. The van der Waals surface area contributed by atoms with Crippen LogP contribution < -0.4 is 5.73 Å². The molecule has 2 rings (SSSR count). The second kappa shape index (κ2) is 4.71. The van der Waals surface area contributed by atoms with Crippen molar-refractivity contribution in [1.29, 1.82) is 0 Å². The van der Waals surface area contributed by atoms with Crippen LogP contribution in [0.2, 0.25) is 0 Å². The molecule has 0 amide bonds. The number of ether oxygens (including phenoxy) is 1. The molecule has 0 aromatic carbocycles. The van der Waals surface area contributed by atoms with Crippen LogP contribution >= 0.6 is 0 Å². The van der Waals surface area contributed by atoms with E-state index in [0.717, 1.165) is 23.3 Å². The summed E-state index contributed by atoms with van der Waals surface area (Å²) >= 11 is 0. The van der Waals surface area contributed by atoms with Crippen LogP contribution in [-0.4, -0.2) is 28.3 Å². The molecule has 2 heterocycles. The van der Waals surface area contributed by atoms with Crippen molar-refractivity contribution >= 4 is 17.1 Å². The molecule has 92 valence electrons. The fraction of sp³-hybridized carbons (Fsp3) is 0.500. The van der Waals surface area contributed by atoms with E-state index < -0.39 is 0 Å². The van der Waals surface area contributed by atoms with Gasteiger partial charge in [-0.3, -0.25) is 4.57 Å². The van der Waals surface area contributed by atoms with Gasteiger partial charge in [0, 0.05) is 19.9 Å². The molecule has 0 bridgehead atoms. The lowest BCUT2D eigenvalue weighted by atomic mass is 10.2. The summed E-state index contributed by atoms with van der Waals surface area (Å²) in [5.41, 5.74) is 8.77. The summed E-state index contributed by atoms with van der Waals surface area (Å²) in [5, 5.41) is 0. The zero-order chi connectivity index (χ0) is 12.4. The normalized spacial score (nSPS) is 13.1. The van der Waals surface area contributed by atoms with Gasteiger partial charge < -0.3 is 10.5 Å². The number of anilines is 1. The Morgan fingerprint density at radius 2 is 2.29 bits per heavy atom. The zero-order valence-corrected chi connectivity index (χ0v) is 10.5. The van der Waals surface area contributed by atoms with Gasteiger partial charge in [0.2, 0.25) is 5.95 Å². The van der Waals surface area contributed by atoms with E-state index in [-0.39, 0.29) is 0 Å². The van der Waals surface area contributed by atoms with E-state index in [4.69, 9.17) is 10.5 Å². The van der Waals surface area contributed by atoms with Crippen molar-refractivity contribution in [3.8, 4) is 0 Å². The minimum atomic E-state index is 0.377. The van der Waals surface area contributed by atoms with Crippen molar-refractivity contribution in [2.45, 2.75) is 20.4 Å². The lowest BCUT2D eigenvalue weighted by Crippen LogP contribution is -2.14. The maximum absolute atomic E-state index is 5.94. The Labute approximate surface area is 101 Å². The summed E-state index contributed by atoms with van der Waals surface area (Å²) in [7, 11) is 1.70. The first-order chi connectivity index (χ1) is 8.13. The Kier molecular flexibility index (Phi) is 3.28. The van der Waals surface area contributed by atoms with Gasteiger partial charge in [0.15, 0.2) is 5.65 Å². The molecule has 2 aromatic rings. The molecule has 0 aliphatic rings. The first-order valence-corrected chi connectivity index (χ1v) is 5.69. The van der Waals surface area contributed by atoms with Gasteiger partial charge >= 0.3 is 0 Å². The molecule has 2 N–H and O–H groups in total. The van der Waals surface area contributed by atoms with Crippen LogP contribution in [0, 0.1) is 12.8 Å². The van der Waals surface area contributed by atoms with Crippen molar-refractivity contribution in [2.24, 2.45) is 5.92 Å². The summed E-state index contributed by atoms with van der Waals surface area (Å²) in [4.78, 5) is 8.72. The number of nitrogens with two attached hydrogens (primary N) is 1. The minimum Gasteiger partial charge on any atom is -0.384 e. The third-order valence-corrected chi connectivity index (χ3v) is 2.81. The van der Waals surface area contributed by atoms with Gasteiger partial charge in [0.1, 0.15) is 5.52 Å². The Morgan fingerprint density at radius 3 is 3.00 bits per heavy atom. The molecule has 0 radical (unpaired) electrons. The summed E-state index contributed by atoms with van der Waals surface area (Å²) < 4.78 is 7.08. The molecular formula is C12H18N4O. The number of nitrogens with zero attached hydrogens (tertiary/aromatic N) is 3. The maximum Gasteiger partial charge on any atom is 0.202 e. The highest BCUT2D eigenvalue weighted by atomic mass is 16.5. The molecule has 0 saturated carbocycles. The van der Waals surface area contributed by atoms with Crippen LogP contribution in [0.3, 0.4) is 0 Å². The van der Waals surface area contributed by atoms with Gasteiger partial charge in [-0.05, 0) is 24.5 Å². The molecule has 5 nitrogen and oxygen atoms in total. The number of methoxy groups -OCH3 is 1. The van der Waals surface area contributed by atoms with Gasteiger partial charge in [-0.2, -0.15) is 0 Å². The van der Waals surface area contributed by atoms with E-state index >= 15 is 0 Å². The third-order valence-electron chi connectivity index (χ3n) is 2.81. The first kappa shape index (κ1) is 11.9. The number of hydrogen-bond donors (Lipinski definition) is 1. The van der Waals surface area contributed by atoms with Crippen LogP contribution in [0.1, 0.15) is 12.5 Å². The SMILES string of the molecule is COCC(C)Cn1c(N)nc2c(C)ccnc21. The highest BCUT2D eigenvalue weighted by Crippen LogP contribution is 2.20. The van der Waals surface area contributed by atoms with Crippen LogP contribution in [0.4, 0.5) is 5.95 Å². The smallest absolute Gasteiger partial charge is 0.202 e. The number of aryl methyl sites for hydroxylation is 1. The highest BCUT2D eigenvalue weighted by molar-refractivity contribution is 5.77. The largest absolute Gasteiger partial charge is 0.384 e. The number of rotatable bonds is 4. The monoisotopic (exact) mass is 234 g/mol. The maximum atomic E-state index is 5.94. The molecule has 0 aliphatic heterocycles. The molecule has 1 unspecified atom stereocenters. The molecule has 0 fully saturated rings. The van der Waals surface area contributed by atoms with E-state index in [1.165, 1.54) is 0 Å². The molecule has 0 saturated heterocycles. The Morgan fingerprint density at radius 1 is 1.53 bits per heavy atom. The highest BCUT2D eigenvalue weighted by Gasteiger charge is 2.13. The first-order valence-electron chi connectivity index (χ1n) is 5.69. The van der Waals surface area contributed by atoms with Crippen LogP contribution in [0.25, 0.3) is 11.2 Å².